The number of furan rings is 1. The van der Waals surface area contributed by atoms with Crippen LogP contribution >= 0.6 is 23.2 Å². The number of halogens is 2. The van der Waals surface area contributed by atoms with E-state index in [2.05, 4.69) is 10.2 Å². The van der Waals surface area contributed by atoms with Crippen LogP contribution < -0.4 is 10.2 Å². The van der Waals surface area contributed by atoms with Gasteiger partial charge in [-0.05, 0) is 60.7 Å². The highest BCUT2D eigenvalue weighted by molar-refractivity contribution is 6.36. The van der Waals surface area contributed by atoms with Crippen LogP contribution in [0.15, 0.2) is 65.1 Å². The van der Waals surface area contributed by atoms with Gasteiger partial charge < -0.3 is 19.5 Å². The number of hydrogen-bond donors (Lipinski definition) is 1. The molecule has 1 saturated heterocycles. The number of carbonyl (C=O) groups is 2. The number of nitrogens with zero attached hydrogens (tertiary/aromatic N) is 2. The van der Waals surface area contributed by atoms with Gasteiger partial charge in [-0.2, -0.15) is 0 Å². The summed E-state index contributed by atoms with van der Waals surface area (Å²) in [4.78, 5) is 27.9. The minimum absolute atomic E-state index is 0.111. The van der Waals surface area contributed by atoms with E-state index in [1.54, 1.807) is 43.3 Å². The molecule has 2 amide bonds. The quantitative estimate of drug-likeness (QED) is 0.481. The molecular weight excluding hydrogens is 461 g/mol. The molecule has 6 nitrogen and oxygen atoms in total. The molecule has 1 fully saturated rings. The largest absolute Gasteiger partial charge is 0.457 e. The molecular formula is C25H23Cl2N3O3. The van der Waals surface area contributed by atoms with E-state index < -0.39 is 0 Å². The van der Waals surface area contributed by atoms with Crippen LogP contribution in [-0.4, -0.2) is 42.9 Å². The van der Waals surface area contributed by atoms with Gasteiger partial charge >= 0.3 is 0 Å². The van der Waals surface area contributed by atoms with Gasteiger partial charge in [-0.3, -0.25) is 9.59 Å². The molecule has 1 aliphatic heterocycles. The van der Waals surface area contributed by atoms with Gasteiger partial charge in [-0.1, -0.05) is 23.2 Å². The van der Waals surface area contributed by atoms with Crippen LogP contribution in [0.3, 0.4) is 0 Å². The Kier molecular flexibility index (Phi) is 7.06. The zero-order valence-corrected chi connectivity index (χ0v) is 19.6. The van der Waals surface area contributed by atoms with Gasteiger partial charge in [-0.15, -0.1) is 0 Å². The number of hydrogen-bond acceptors (Lipinski definition) is 4. The van der Waals surface area contributed by atoms with E-state index in [1.165, 1.54) is 6.08 Å². The summed E-state index contributed by atoms with van der Waals surface area (Å²) in [5.41, 5.74) is 2.49. The maximum absolute atomic E-state index is 12.3. The zero-order chi connectivity index (χ0) is 23.4. The molecule has 2 aromatic carbocycles. The summed E-state index contributed by atoms with van der Waals surface area (Å²) >= 11 is 12.2. The monoisotopic (exact) mass is 483 g/mol. The zero-order valence-electron chi connectivity index (χ0n) is 18.1. The fourth-order valence-electron chi connectivity index (χ4n) is 3.65. The topological polar surface area (TPSA) is 65.8 Å². The van der Waals surface area contributed by atoms with Gasteiger partial charge in [0.05, 0.1) is 5.02 Å². The maximum atomic E-state index is 12.3. The molecule has 0 atom stereocenters. The first kappa shape index (κ1) is 23.0. The highest BCUT2D eigenvalue weighted by Crippen LogP contribution is 2.31. The lowest BCUT2D eigenvalue weighted by molar-refractivity contribution is -0.129. The SMILES string of the molecule is CC(=O)N1CCN(c2ccc(NC(=O)C=Cc3ccc(-c4ccc(Cl)cc4Cl)o3)cc2)CC1. The average Bonchev–Trinajstić information content (AvgIpc) is 3.27. The third-order valence-corrected chi connectivity index (χ3v) is 6.00. The number of anilines is 2. The lowest BCUT2D eigenvalue weighted by Gasteiger charge is -2.35. The molecule has 0 bridgehead atoms. The van der Waals surface area contributed by atoms with Crippen molar-refractivity contribution >= 4 is 52.5 Å². The molecule has 0 radical (unpaired) electrons. The Labute approximate surface area is 202 Å². The molecule has 0 saturated carbocycles. The van der Waals surface area contributed by atoms with Crippen molar-refractivity contribution in [2.24, 2.45) is 0 Å². The molecule has 4 rings (SSSR count). The highest BCUT2D eigenvalue weighted by atomic mass is 35.5. The van der Waals surface area contributed by atoms with Crippen LogP contribution in [0.5, 0.6) is 0 Å². The van der Waals surface area contributed by atoms with Gasteiger partial charge in [0.2, 0.25) is 11.8 Å². The number of amides is 2. The van der Waals surface area contributed by atoms with Crippen molar-refractivity contribution in [1.82, 2.24) is 4.90 Å². The Morgan fingerprint density at radius 3 is 2.36 bits per heavy atom. The second-order valence-electron chi connectivity index (χ2n) is 7.69. The lowest BCUT2D eigenvalue weighted by Crippen LogP contribution is -2.48. The second-order valence-corrected chi connectivity index (χ2v) is 8.53. The first-order valence-electron chi connectivity index (χ1n) is 10.5. The summed E-state index contributed by atoms with van der Waals surface area (Å²) < 4.78 is 5.77. The smallest absolute Gasteiger partial charge is 0.248 e. The Bertz CT molecular complexity index is 1180. The van der Waals surface area contributed by atoms with E-state index in [4.69, 9.17) is 27.6 Å². The predicted octanol–water partition coefficient (Wildman–Crippen LogP) is 5.57. The molecule has 1 aromatic heterocycles. The Hall–Kier alpha value is -3.22. The number of nitrogens with one attached hydrogen (secondary N) is 1. The predicted molar refractivity (Wildman–Crippen MR) is 133 cm³/mol. The summed E-state index contributed by atoms with van der Waals surface area (Å²) in [6, 6.07) is 16.4. The molecule has 8 heteroatoms. The Balaban J connectivity index is 1.33. The molecule has 1 N–H and O–H groups in total. The minimum atomic E-state index is -0.264. The lowest BCUT2D eigenvalue weighted by atomic mass is 10.2. The van der Waals surface area contributed by atoms with E-state index in [0.717, 1.165) is 37.4 Å². The van der Waals surface area contributed by atoms with E-state index >= 15 is 0 Å². The number of piperazine rings is 1. The van der Waals surface area contributed by atoms with Crippen LogP contribution in [0.1, 0.15) is 12.7 Å². The first-order valence-corrected chi connectivity index (χ1v) is 11.3. The van der Waals surface area contributed by atoms with Crippen molar-refractivity contribution in [3.8, 4) is 11.3 Å². The Morgan fingerprint density at radius 1 is 0.970 bits per heavy atom. The summed E-state index contributed by atoms with van der Waals surface area (Å²) in [6.07, 6.45) is 3.02. The molecule has 0 unspecified atom stereocenters. The summed E-state index contributed by atoms with van der Waals surface area (Å²) in [5, 5.41) is 3.89. The normalized spacial score (nSPS) is 14.0. The van der Waals surface area contributed by atoms with Crippen LogP contribution in [0, 0.1) is 0 Å². The van der Waals surface area contributed by atoms with Gasteiger partial charge in [0.15, 0.2) is 0 Å². The third kappa shape index (κ3) is 5.78. The third-order valence-electron chi connectivity index (χ3n) is 5.45. The van der Waals surface area contributed by atoms with Crippen molar-refractivity contribution in [3.63, 3.8) is 0 Å². The van der Waals surface area contributed by atoms with Crippen molar-refractivity contribution < 1.29 is 14.0 Å². The minimum Gasteiger partial charge on any atom is -0.457 e. The van der Waals surface area contributed by atoms with Crippen LogP contribution in [0.2, 0.25) is 10.0 Å². The van der Waals surface area contributed by atoms with Crippen molar-refractivity contribution in [1.29, 1.82) is 0 Å². The highest BCUT2D eigenvalue weighted by Gasteiger charge is 2.18. The van der Waals surface area contributed by atoms with E-state index in [1.807, 2.05) is 29.2 Å². The van der Waals surface area contributed by atoms with Crippen LogP contribution in [0.4, 0.5) is 11.4 Å². The van der Waals surface area contributed by atoms with E-state index in [0.29, 0.717) is 27.3 Å². The maximum Gasteiger partial charge on any atom is 0.248 e. The van der Waals surface area contributed by atoms with Gasteiger partial charge in [-0.25, -0.2) is 0 Å². The van der Waals surface area contributed by atoms with Crippen molar-refractivity contribution in [2.75, 3.05) is 36.4 Å². The summed E-state index contributed by atoms with van der Waals surface area (Å²) in [6.45, 7) is 4.62. The van der Waals surface area contributed by atoms with Crippen molar-refractivity contribution in [3.05, 3.63) is 76.5 Å². The fraction of sp³-hybridized carbons (Fsp3) is 0.200. The first-order chi connectivity index (χ1) is 15.9. The van der Waals surface area contributed by atoms with Gasteiger partial charge in [0.25, 0.3) is 0 Å². The van der Waals surface area contributed by atoms with Gasteiger partial charge in [0.1, 0.15) is 11.5 Å². The number of benzene rings is 2. The molecule has 33 heavy (non-hydrogen) atoms. The Morgan fingerprint density at radius 2 is 1.70 bits per heavy atom. The van der Waals surface area contributed by atoms with Gasteiger partial charge in [0, 0.05) is 61.1 Å². The average molecular weight is 484 g/mol. The summed E-state index contributed by atoms with van der Waals surface area (Å²) in [7, 11) is 0. The second kappa shape index (κ2) is 10.1. The van der Waals surface area contributed by atoms with E-state index in [9.17, 15) is 9.59 Å². The van der Waals surface area contributed by atoms with Crippen LogP contribution in [-0.2, 0) is 9.59 Å². The summed E-state index contributed by atoms with van der Waals surface area (Å²) in [5.74, 6) is 0.975. The van der Waals surface area contributed by atoms with Crippen molar-refractivity contribution in [2.45, 2.75) is 6.92 Å². The number of rotatable bonds is 5. The molecule has 0 spiro atoms. The van der Waals surface area contributed by atoms with Crippen LogP contribution in [0.25, 0.3) is 17.4 Å². The van der Waals surface area contributed by atoms with E-state index in [-0.39, 0.29) is 11.8 Å². The number of carbonyl (C=O) groups excluding carboxylic acids is 2. The molecule has 0 aliphatic carbocycles. The fourth-order valence-corrected chi connectivity index (χ4v) is 4.15. The molecule has 3 aromatic rings. The standard InChI is InChI=1S/C25H23Cl2N3O3/c1-17(31)29-12-14-30(15-13-29)20-5-3-19(4-6-20)28-25(32)11-8-21-7-10-24(33-21)22-9-2-18(26)16-23(22)27/h2-11,16H,12-15H2,1H3,(H,28,32). The molecule has 170 valence electrons. The molecule has 1 aliphatic rings. The molecule has 2 heterocycles.